The van der Waals surface area contributed by atoms with Crippen LogP contribution in [0.15, 0.2) is 24.5 Å². The standard InChI is InChI=1S/C23H31N7O3S/c1-28-8-6-17-10-21(33-2)20(9-18(17)15-28)26-23-24-11-19-12-25-30(22(19)27-23)14-16-5-4-7-29(13-16)34(3,31)32/h9-12,16H,4-8,13-15H2,1-3H3,(H,24,26,27)/t16-/m0/s1. The van der Waals surface area contributed by atoms with Crippen molar-refractivity contribution < 1.29 is 13.2 Å². The molecule has 5 rings (SSSR count). The van der Waals surface area contributed by atoms with Crippen molar-refractivity contribution in [3.63, 3.8) is 0 Å². The fourth-order valence-electron chi connectivity index (χ4n) is 4.90. The summed E-state index contributed by atoms with van der Waals surface area (Å²) in [6, 6.07) is 4.22. The van der Waals surface area contributed by atoms with E-state index in [1.54, 1.807) is 23.8 Å². The number of hydrogen-bond donors (Lipinski definition) is 1. The molecule has 182 valence electrons. The Morgan fingerprint density at radius 3 is 2.85 bits per heavy atom. The lowest BCUT2D eigenvalue weighted by Gasteiger charge is -2.30. The maximum Gasteiger partial charge on any atom is 0.229 e. The molecule has 11 heteroatoms. The third kappa shape index (κ3) is 4.73. The Kier molecular flexibility index (Phi) is 6.17. The van der Waals surface area contributed by atoms with Crippen LogP contribution < -0.4 is 10.1 Å². The molecule has 34 heavy (non-hydrogen) atoms. The number of aromatic nitrogens is 4. The smallest absolute Gasteiger partial charge is 0.229 e. The SMILES string of the molecule is COc1cc2c(cc1Nc1ncc3cnn(C[C@H]4CCCN(S(C)(=O)=O)C4)c3n1)CN(C)CC2. The monoisotopic (exact) mass is 485 g/mol. The van der Waals surface area contributed by atoms with E-state index in [2.05, 4.69) is 39.5 Å². The van der Waals surface area contributed by atoms with Crippen LogP contribution in [0.3, 0.4) is 0 Å². The van der Waals surface area contributed by atoms with Gasteiger partial charge in [0.05, 0.1) is 30.6 Å². The van der Waals surface area contributed by atoms with Crippen molar-refractivity contribution in [1.29, 1.82) is 0 Å². The minimum absolute atomic E-state index is 0.190. The first-order valence-electron chi connectivity index (χ1n) is 11.6. The van der Waals surface area contributed by atoms with Crippen molar-refractivity contribution >= 4 is 32.7 Å². The van der Waals surface area contributed by atoms with Crippen molar-refractivity contribution in [2.45, 2.75) is 32.4 Å². The summed E-state index contributed by atoms with van der Waals surface area (Å²) in [5, 5.41) is 8.69. The average molecular weight is 486 g/mol. The zero-order valence-electron chi connectivity index (χ0n) is 19.9. The summed E-state index contributed by atoms with van der Waals surface area (Å²) in [6.45, 7) is 3.64. The first-order valence-corrected chi connectivity index (χ1v) is 13.4. The van der Waals surface area contributed by atoms with E-state index in [-0.39, 0.29) is 5.92 Å². The highest BCUT2D eigenvalue weighted by atomic mass is 32.2. The number of methoxy groups -OCH3 is 1. The zero-order valence-corrected chi connectivity index (χ0v) is 20.7. The molecule has 1 aromatic carbocycles. The molecular weight excluding hydrogens is 454 g/mol. The minimum atomic E-state index is -3.19. The number of benzene rings is 1. The van der Waals surface area contributed by atoms with Crippen molar-refractivity contribution in [2.75, 3.05) is 45.4 Å². The number of ether oxygens (including phenoxy) is 1. The number of fused-ring (bicyclic) bond motifs is 2. The van der Waals surface area contributed by atoms with Gasteiger partial charge in [-0.2, -0.15) is 10.1 Å². The molecule has 0 saturated carbocycles. The van der Waals surface area contributed by atoms with Gasteiger partial charge in [-0.05, 0) is 55.5 Å². The van der Waals surface area contributed by atoms with Gasteiger partial charge in [-0.3, -0.25) is 0 Å². The molecule has 0 unspecified atom stereocenters. The van der Waals surface area contributed by atoms with Gasteiger partial charge in [-0.15, -0.1) is 0 Å². The number of hydrogen-bond acceptors (Lipinski definition) is 8. The molecule has 0 spiro atoms. The summed E-state index contributed by atoms with van der Waals surface area (Å²) < 4.78 is 33.0. The number of piperidine rings is 1. The quantitative estimate of drug-likeness (QED) is 0.567. The lowest BCUT2D eigenvalue weighted by atomic mass is 9.99. The molecule has 1 N–H and O–H groups in total. The van der Waals surface area contributed by atoms with Gasteiger partial charge in [0.1, 0.15) is 5.75 Å². The van der Waals surface area contributed by atoms with Crippen molar-refractivity contribution in [2.24, 2.45) is 5.92 Å². The van der Waals surface area contributed by atoms with E-state index in [1.807, 2.05) is 4.68 Å². The summed E-state index contributed by atoms with van der Waals surface area (Å²) in [6.07, 6.45) is 7.61. The Morgan fingerprint density at radius 2 is 2.06 bits per heavy atom. The van der Waals surface area contributed by atoms with Crippen LogP contribution in [-0.4, -0.2) is 77.4 Å². The highest BCUT2D eigenvalue weighted by molar-refractivity contribution is 7.88. The maximum absolute atomic E-state index is 12.0. The Labute approximate surface area is 200 Å². The summed E-state index contributed by atoms with van der Waals surface area (Å²) in [7, 11) is 0.611. The Morgan fingerprint density at radius 1 is 1.21 bits per heavy atom. The molecule has 1 atom stereocenters. The van der Waals surface area contributed by atoms with E-state index in [0.29, 0.717) is 25.6 Å². The lowest BCUT2D eigenvalue weighted by Crippen LogP contribution is -2.40. The number of sulfonamides is 1. The molecule has 0 aliphatic carbocycles. The average Bonchev–Trinajstić information content (AvgIpc) is 3.20. The summed E-state index contributed by atoms with van der Waals surface area (Å²) in [4.78, 5) is 11.5. The lowest BCUT2D eigenvalue weighted by molar-refractivity contribution is 0.242. The first-order chi connectivity index (χ1) is 16.3. The van der Waals surface area contributed by atoms with Crippen LogP contribution in [0.2, 0.25) is 0 Å². The Balaban J connectivity index is 1.39. The van der Waals surface area contributed by atoms with Crippen molar-refractivity contribution in [1.82, 2.24) is 29.0 Å². The highest BCUT2D eigenvalue weighted by Gasteiger charge is 2.27. The summed E-state index contributed by atoms with van der Waals surface area (Å²) in [5.74, 6) is 1.43. The fourth-order valence-corrected chi connectivity index (χ4v) is 5.84. The van der Waals surface area contributed by atoms with Gasteiger partial charge in [0.2, 0.25) is 16.0 Å². The number of nitrogens with one attached hydrogen (secondary N) is 1. The van der Waals surface area contributed by atoms with Gasteiger partial charge in [-0.25, -0.2) is 22.4 Å². The third-order valence-electron chi connectivity index (χ3n) is 6.73. The second-order valence-electron chi connectivity index (χ2n) is 9.36. The predicted molar refractivity (Wildman–Crippen MR) is 131 cm³/mol. The molecule has 3 aromatic rings. The van der Waals surface area contributed by atoms with Crippen LogP contribution in [0.1, 0.15) is 24.0 Å². The summed E-state index contributed by atoms with van der Waals surface area (Å²) >= 11 is 0. The van der Waals surface area contributed by atoms with Crippen LogP contribution in [0.25, 0.3) is 11.0 Å². The molecule has 10 nitrogen and oxygen atoms in total. The van der Waals surface area contributed by atoms with E-state index < -0.39 is 10.0 Å². The van der Waals surface area contributed by atoms with Gasteiger partial charge in [-0.1, -0.05) is 0 Å². The summed E-state index contributed by atoms with van der Waals surface area (Å²) in [5.41, 5.74) is 4.14. The van der Waals surface area contributed by atoms with E-state index in [0.717, 1.165) is 54.8 Å². The van der Waals surface area contributed by atoms with Gasteiger partial charge >= 0.3 is 0 Å². The van der Waals surface area contributed by atoms with Crippen molar-refractivity contribution in [3.8, 4) is 5.75 Å². The second-order valence-corrected chi connectivity index (χ2v) is 11.3. The van der Waals surface area contributed by atoms with Gasteiger partial charge in [0.25, 0.3) is 0 Å². The van der Waals surface area contributed by atoms with Crippen LogP contribution in [0.4, 0.5) is 11.6 Å². The molecule has 2 aliphatic rings. The molecule has 0 bridgehead atoms. The largest absolute Gasteiger partial charge is 0.495 e. The molecule has 2 aromatic heterocycles. The second kappa shape index (κ2) is 9.12. The molecular formula is C23H31N7O3S. The third-order valence-corrected chi connectivity index (χ3v) is 8.00. The van der Waals surface area contributed by atoms with Gasteiger partial charge in [0.15, 0.2) is 5.65 Å². The predicted octanol–water partition coefficient (Wildman–Crippen LogP) is 2.24. The highest BCUT2D eigenvalue weighted by Crippen LogP contribution is 2.33. The van der Waals surface area contributed by atoms with Crippen LogP contribution >= 0.6 is 0 Å². The number of rotatable bonds is 6. The maximum atomic E-state index is 12.0. The number of nitrogens with zero attached hydrogens (tertiary/aromatic N) is 6. The van der Waals surface area contributed by atoms with E-state index in [4.69, 9.17) is 9.72 Å². The molecule has 2 aliphatic heterocycles. The molecule has 4 heterocycles. The number of anilines is 2. The first kappa shape index (κ1) is 23.0. The Bertz CT molecular complexity index is 1310. The van der Waals surface area contributed by atoms with E-state index in [1.165, 1.54) is 17.4 Å². The Hall–Kier alpha value is -2.76. The zero-order chi connectivity index (χ0) is 23.9. The van der Waals surface area contributed by atoms with Crippen molar-refractivity contribution in [3.05, 3.63) is 35.7 Å². The van der Waals surface area contributed by atoms with E-state index in [9.17, 15) is 8.42 Å². The molecule has 1 saturated heterocycles. The van der Waals surface area contributed by atoms with E-state index >= 15 is 0 Å². The van der Waals surface area contributed by atoms with Gasteiger partial charge in [0, 0.05) is 38.9 Å². The normalized spacial score (nSPS) is 19.8. The van der Waals surface area contributed by atoms with Crippen LogP contribution in [-0.2, 0) is 29.5 Å². The topological polar surface area (TPSA) is 105 Å². The number of likely N-dealkylation sites (N-methyl/N-ethyl adjacent to an activating group) is 1. The molecule has 0 amide bonds. The van der Waals surface area contributed by atoms with Crippen LogP contribution in [0, 0.1) is 5.92 Å². The molecule has 1 fully saturated rings. The minimum Gasteiger partial charge on any atom is -0.495 e. The molecule has 0 radical (unpaired) electrons. The van der Waals surface area contributed by atoms with Crippen LogP contribution in [0.5, 0.6) is 5.75 Å². The fraction of sp³-hybridized carbons (Fsp3) is 0.522. The van der Waals surface area contributed by atoms with Gasteiger partial charge < -0.3 is 15.0 Å².